The Morgan fingerprint density at radius 2 is 1.82 bits per heavy atom. The van der Waals surface area contributed by atoms with Gasteiger partial charge < -0.3 is 10.6 Å². The number of carbonyl (C=O) groups is 1. The number of sulfonamides is 1. The summed E-state index contributed by atoms with van der Waals surface area (Å²) in [4.78, 5) is 29.0. The fraction of sp³-hybridized carbons (Fsp3) is 0.200. The lowest BCUT2D eigenvalue weighted by Crippen LogP contribution is -2.27. The average Bonchev–Trinajstić information content (AvgIpc) is 3.20. The Kier molecular flexibility index (Phi) is 5.87. The summed E-state index contributed by atoms with van der Waals surface area (Å²) >= 11 is 0. The van der Waals surface area contributed by atoms with Crippen LogP contribution in [0.4, 0.5) is 17.5 Å². The van der Waals surface area contributed by atoms with E-state index < -0.39 is 10.0 Å². The molecule has 0 aliphatic carbocycles. The Bertz CT molecular complexity index is 1420. The van der Waals surface area contributed by atoms with Gasteiger partial charge in [0.1, 0.15) is 5.69 Å². The van der Waals surface area contributed by atoms with Crippen molar-refractivity contribution in [3.8, 4) is 0 Å². The zero-order valence-electron chi connectivity index (χ0n) is 18.1. The SMILES string of the molecule is CNC(=O)c1ccc(Nc2ncc3cnn(Cc4nccnc4N(C)S(C)(=O)=O)c3n2)cc1. The predicted octanol–water partition coefficient (Wildman–Crippen LogP) is 1.16. The summed E-state index contributed by atoms with van der Waals surface area (Å²) in [5, 5.41) is 10.7. The lowest BCUT2D eigenvalue weighted by atomic mass is 10.2. The van der Waals surface area contributed by atoms with Crippen molar-refractivity contribution in [3.05, 3.63) is 60.3 Å². The fourth-order valence-electron chi connectivity index (χ4n) is 3.05. The van der Waals surface area contributed by atoms with Crippen molar-refractivity contribution in [2.75, 3.05) is 30.0 Å². The van der Waals surface area contributed by atoms with E-state index in [4.69, 9.17) is 0 Å². The van der Waals surface area contributed by atoms with Crippen LogP contribution in [0, 0.1) is 0 Å². The van der Waals surface area contributed by atoms with Gasteiger partial charge >= 0.3 is 0 Å². The van der Waals surface area contributed by atoms with E-state index in [2.05, 4.69) is 35.7 Å². The van der Waals surface area contributed by atoms with Gasteiger partial charge in [0.05, 0.1) is 24.4 Å². The Hall–Kier alpha value is -4.13. The van der Waals surface area contributed by atoms with Crippen LogP contribution in [0.3, 0.4) is 0 Å². The number of nitrogens with zero attached hydrogens (tertiary/aromatic N) is 7. The number of anilines is 3. The Morgan fingerprint density at radius 1 is 1.09 bits per heavy atom. The van der Waals surface area contributed by atoms with Gasteiger partial charge in [-0.05, 0) is 24.3 Å². The van der Waals surface area contributed by atoms with Crippen molar-refractivity contribution >= 4 is 44.4 Å². The maximum Gasteiger partial charge on any atom is 0.251 e. The molecule has 3 heterocycles. The van der Waals surface area contributed by atoms with Crippen molar-refractivity contribution in [1.29, 1.82) is 0 Å². The van der Waals surface area contributed by atoms with E-state index in [1.54, 1.807) is 48.4 Å². The van der Waals surface area contributed by atoms with Gasteiger partial charge in [-0.25, -0.2) is 23.1 Å². The van der Waals surface area contributed by atoms with Crippen molar-refractivity contribution in [2.24, 2.45) is 0 Å². The third kappa shape index (κ3) is 4.72. The van der Waals surface area contributed by atoms with Crippen LogP contribution in [-0.2, 0) is 16.6 Å². The average molecular weight is 468 g/mol. The van der Waals surface area contributed by atoms with Gasteiger partial charge in [0.15, 0.2) is 11.5 Å². The Morgan fingerprint density at radius 3 is 2.52 bits per heavy atom. The number of benzene rings is 1. The number of fused-ring (bicyclic) bond motifs is 1. The third-order valence-electron chi connectivity index (χ3n) is 4.85. The maximum atomic E-state index is 12.0. The molecular formula is C20H21N9O3S. The number of hydrogen-bond donors (Lipinski definition) is 2. The highest BCUT2D eigenvalue weighted by Crippen LogP contribution is 2.21. The number of amides is 1. The topological polar surface area (TPSA) is 148 Å². The lowest BCUT2D eigenvalue weighted by Gasteiger charge is -2.18. The fourth-order valence-corrected chi connectivity index (χ4v) is 3.52. The van der Waals surface area contributed by atoms with Gasteiger partial charge in [-0.15, -0.1) is 0 Å². The first-order chi connectivity index (χ1) is 15.8. The second-order valence-electron chi connectivity index (χ2n) is 7.11. The van der Waals surface area contributed by atoms with Crippen molar-refractivity contribution < 1.29 is 13.2 Å². The number of aromatic nitrogens is 6. The van der Waals surface area contributed by atoms with E-state index in [0.717, 1.165) is 10.6 Å². The number of hydrogen-bond acceptors (Lipinski definition) is 9. The molecule has 0 saturated carbocycles. The highest BCUT2D eigenvalue weighted by molar-refractivity contribution is 7.92. The van der Waals surface area contributed by atoms with Crippen LogP contribution < -0.4 is 14.9 Å². The van der Waals surface area contributed by atoms with Gasteiger partial charge in [-0.3, -0.25) is 14.1 Å². The van der Waals surface area contributed by atoms with Crippen LogP contribution >= 0.6 is 0 Å². The Labute approximate surface area is 189 Å². The monoisotopic (exact) mass is 467 g/mol. The van der Waals surface area contributed by atoms with Crippen LogP contribution in [0.25, 0.3) is 11.0 Å². The second-order valence-corrected chi connectivity index (χ2v) is 9.13. The molecule has 4 rings (SSSR count). The van der Waals surface area contributed by atoms with Crippen molar-refractivity contribution in [3.63, 3.8) is 0 Å². The minimum atomic E-state index is -3.51. The van der Waals surface area contributed by atoms with Crippen molar-refractivity contribution in [2.45, 2.75) is 6.54 Å². The summed E-state index contributed by atoms with van der Waals surface area (Å²) in [6, 6.07) is 6.89. The van der Waals surface area contributed by atoms with Gasteiger partial charge in [-0.1, -0.05) is 0 Å². The summed E-state index contributed by atoms with van der Waals surface area (Å²) in [5.41, 5.74) is 2.21. The molecule has 2 N–H and O–H groups in total. The van der Waals surface area contributed by atoms with Gasteiger partial charge in [0.2, 0.25) is 16.0 Å². The maximum absolute atomic E-state index is 12.0. The molecule has 0 fully saturated rings. The quantitative estimate of drug-likeness (QED) is 0.408. The van der Waals surface area contributed by atoms with Gasteiger partial charge in [0.25, 0.3) is 5.91 Å². The first kappa shape index (κ1) is 22.1. The summed E-state index contributed by atoms with van der Waals surface area (Å²) in [6.07, 6.45) is 7.27. The van der Waals surface area contributed by atoms with E-state index in [1.807, 2.05) is 0 Å². The smallest absolute Gasteiger partial charge is 0.251 e. The van der Waals surface area contributed by atoms with E-state index in [-0.39, 0.29) is 18.3 Å². The number of nitrogens with one attached hydrogen (secondary N) is 2. The van der Waals surface area contributed by atoms with Gasteiger partial charge in [-0.2, -0.15) is 10.1 Å². The molecule has 33 heavy (non-hydrogen) atoms. The molecule has 170 valence electrons. The molecule has 0 aliphatic rings. The van der Waals surface area contributed by atoms with E-state index >= 15 is 0 Å². The van der Waals surface area contributed by atoms with Gasteiger partial charge in [0, 0.05) is 43.9 Å². The zero-order chi connectivity index (χ0) is 23.6. The van der Waals surface area contributed by atoms with Crippen LogP contribution in [0.1, 0.15) is 16.1 Å². The second kappa shape index (κ2) is 8.78. The summed E-state index contributed by atoms with van der Waals surface area (Å²) < 4.78 is 26.6. The summed E-state index contributed by atoms with van der Waals surface area (Å²) in [5.74, 6) is 0.379. The molecule has 3 aromatic heterocycles. The molecule has 0 atom stereocenters. The molecule has 1 aromatic carbocycles. The van der Waals surface area contributed by atoms with E-state index in [9.17, 15) is 13.2 Å². The largest absolute Gasteiger partial charge is 0.355 e. The van der Waals surface area contributed by atoms with Crippen LogP contribution in [0.15, 0.2) is 49.1 Å². The normalized spacial score (nSPS) is 11.4. The molecule has 0 unspecified atom stereocenters. The molecule has 0 aliphatic heterocycles. The van der Waals surface area contributed by atoms with E-state index in [0.29, 0.717) is 33.9 Å². The van der Waals surface area contributed by atoms with Crippen LogP contribution in [0.2, 0.25) is 0 Å². The standard InChI is InChI=1S/C20H21N9O3S/c1-21-19(30)13-4-6-15(7-5-13)26-20-24-10-14-11-25-29(17(14)27-20)12-16-18(23-9-8-22-16)28(2)33(3,31)32/h4-11H,12H2,1-3H3,(H,21,30)(H,24,26,27). The molecule has 13 heteroatoms. The third-order valence-corrected chi connectivity index (χ3v) is 6.02. The lowest BCUT2D eigenvalue weighted by molar-refractivity contribution is 0.0963. The number of rotatable bonds is 7. The first-order valence-electron chi connectivity index (χ1n) is 9.78. The molecule has 4 aromatic rings. The molecule has 0 spiro atoms. The first-order valence-corrected chi connectivity index (χ1v) is 11.6. The molecule has 0 bridgehead atoms. The van der Waals surface area contributed by atoms with Crippen LogP contribution in [-0.4, -0.2) is 64.4 Å². The zero-order valence-corrected chi connectivity index (χ0v) is 18.9. The minimum Gasteiger partial charge on any atom is -0.355 e. The highest BCUT2D eigenvalue weighted by atomic mass is 32.2. The molecular weight excluding hydrogens is 446 g/mol. The molecule has 0 saturated heterocycles. The number of carbonyl (C=O) groups excluding carboxylic acids is 1. The van der Waals surface area contributed by atoms with Crippen LogP contribution in [0.5, 0.6) is 0 Å². The van der Waals surface area contributed by atoms with Crippen molar-refractivity contribution in [1.82, 2.24) is 35.0 Å². The highest BCUT2D eigenvalue weighted by Gasteiger charge is 2.19. The minimum absolute atomic E-state index is 0.157. The predicted molar refractivity (Wildman–Crippen MR) is 123 cm³/mol. The summed E-state index contributed by atoms with van der Waals surface area (Å²) in [7, 11) is -0.517. The molecule has 1 amide bonds. The molecule has 0 radical (unpaired) electrons. The van der Waals surface area contributed by atoms with E-state index in [1.165, 1.54) is 19.4 Å². The Balaban J connectivity index is 1.62. The molecule has 12 nitrogen and oxygen atoms in total. The summed E-state index contributed by atoms with van der Waals surface area (Å²) in [6.45, 7) is 0.157.